The van der Waals surface area contributed by atoms with Crippen molar-refractivity contribution in [1.29, 1.82) is 0 Å². The Morgan fingerprint density at radius 3 is 2.29 bits per heavy atom. The van der Waals surface area contributed by atoms with Gasteiger partial charge in [0.15, 0.2) is 0 Å². The SMILES string of the molecule is CC(O)C1CCCC(C2CC2C)C1C. The molecule has 14 heavy (non-hydrogen) atoms. The van der Waals surface area contributed by atoms with Crippen molar-refractivity contribution in [1.82, 2.24) is 0 Å². The lowest BCUT2D eigenvalue weighted by Crippen LogP contribution is -2.34. The molecule has 1 N–H and O–H groups in total. The minimum absolute atomic E-state index is 0.0955. The van der Waals surface area contributed by atoms with E-state index in [4.69, 9.17) is 0 Å². The van der Waals surface area contributed by atoms with Crippen molar-refractivity contribution in [2.45, 2.75) is 52.6 Å². The highest BCUT2D eigenvalue weighted by molar-refractivity contribution is 4.94. The number of hydrogen-bond acceptors (Lipinski definition) is 1. The van der Waals surface area contributed by atoms with Crippen LogP contribution >= 0.6 is 0 Å². The van der Waals surface area contributed by atoms with Crippen molar-refractivity contribution < 1.29 is 5.11 Å². The van der Waals surface area contributed by atoms with E-state index in [1.165, 1.54) is 25.7 Å². The van der Waals surface area contributed by atoms with Crippen LogP contribution in [0.2, 0.25) is 0 Å². The first-order valence-corrected chi connectivity index (χ1v) is 6.29. The standard InChI is InChI=1S/C13H24O/c1-8-7-13(8)12-6-4-5-11(9(12)2)10(3)14/h8-14H,4-7H2,1-3H3. The molecule has 0 radical (unpaired) electrons. The Morgan fingerprint density at radius 2 is 1.79 bits per heavy atom. The van der Waals surface area contributed by atoms with Gasteiger partial charge in [-0.05, 0) is 55.8 Å². The molecule has 0 spiro atoms. The number of rotatable bonds is 2. The summed E-state index contributed by atoms with van der Waals surface area (Å²) in [7, 11) is 0. The van der Waals surface area contributed by atoms with E-state index in [1.54, 1.807) is 0 Å². The molecule has 82 valence electrons. The fourth-order valence-corrected chi connectivity index (χ4v) is 3.66. The second kappa shape index (κ2) is 3.84. The molecule has 6 unspecified atom stereocenters. The van der Waals surface area contributed by atoms with Crippen LogP contribution in [0, 0.1) is 29.6 Å². The Morgan fingerprint density at radius 1 is 1.14 bits per heavy atom. The maximum absolute atomic E-state index is 9.73. The number of aliphatic hydroxyl groups is 1. The van der Waals surface area contributed by atoms with Gasteiger partial charge in [-0.1, -0.05) is 20.3 Å². The van der Waals surface area contributed by atoms with Gasteiger partial charge < -0.3 is 5.11 Å². The molecule has 0 saturated heterocycles. The van der Waals surface area contributed by atoms with Crippen LogP contribution in [0.25, 0.3) is 0 Å². The van der Waals surface area contributed by atoms with Gasteiger partial charge in [-0.3, -0.25) is 0 Å². The van der Waals surface area contributed by atoms with Gasteiger partial charge in [0.25, 0.3) is 0 Å². The van der Waals surface area contributed by atoms with Crippen molar-refractivity contribution in [2.75, 3.05) is 0 Å². The molecule has 2 aliphatic rings. The largest absolute Gasteiger partial charge is 0.393 e. The summed E-state index contributed by atoms with van der Waals surface area (Å²) in [5, 5.41) is 9.73. The van der Waals surface area contributed by atoms with Gasteiger partial charge in [-0.25, -0.2) is 0 Å². The first-order valence-electron chi connectivity index (χ1n) is 6.29. The summed E-state index contributed by atoms with van der Waals surface area (Å²) in [5.41, 5.74) is 0. The quantitative estimate of drug-likeness (QED) is 0.719. The van der Waals surface area contributed by atoms with Gasteiger partial charge in [0.1, 0.15) is 0 Å². The van der Waals surface area contributed by atoms with E-state index < -0.39 is 0 Å². The van der Waals surface area contributed by atoms with Crippen LogP contribution in [0.5, 0.6) is 0 Å². The fraction of sp³-hybridized carbons (Fsp3) is 1.00. The summed E-state index contributed by atoms with van der Waals surface area (Å²) in [6.45, 7) is 6.72. The molecule has 1 nitrogen and oxygen atoms in total. The van der Waals surface area contributed by atoms with Crippen LogP contribution < -0.4 is 0 Å². The molecule has 2 saturated carbocycles. The first kappa shape index (κ1) is 10.5. The lowest BCUT2D eigenvalue weighted by Gasteiger charge is -2.38. The molecule has 2 aliphatic carbocycles. The molecule has 2 fully saturated rings. The Balaban J connectivity index is 1.98. The van der Waals surface area contributed by atoms with E-state index in [0.717, 1.165) is 23.7 Å². The summed E-state index contributed by atoms with van der Waals surface area (Å²) in [5.74, 6) is 4.19. The average molecular weight is 196 g/mol. The Hall–Kier alpha value is -0.0400. The lowest BCUT2D eigenvalue weighted by atomic mass is 9.69. The van der Waals surface area contributed by atoms with E-state index in [1.807, 2.05) is 6.92 Å². The zero-order chi connectivity index (χ0) is 10.3. The molecule has 0 aliphatic heterocycles. The van der Waals surface area contributed by atoms with Crippen molar-refractivity contribution >= 4 is 0 Å². The van der Waals surface area contributed by atoms with Crippen LogP contribution in [-0.2, 0) is 0 Å². The molecule has 1 heteroatoms. The Labute approximate surface area is 87.9 Å². The van der Waals surface area contributed by atoms with E-state index in [0.29, 0.717) is 5.92 Å². The maximum atomic E-state index is 9.73. The van der Waals surface area contributed by atoms with Crippen LogP contribution in [0.4, 0.5) is 0 Å². The summed E-state index contributed by atoms with van der Waals surface area (Å²) >= 11 is 0. The first-order chi connectivity index (χ1) is 6.61. The minimum atomic E-state index is -0.0955. The summed E-state index contributed by atoms with van der Waals surface area (Å²) < 4.78 is 0. The molecule has 0 aromatic carbocycles. The van der Waals surface area contributed by atoms with Crippen LogP contribution in [0.1, 0.15) is 46.5 Å². The molecular formula is C13H24O. The topological polar surface area (TPSA) is 20.2 Å². The van der Waals surface area contributed by atoms with Gasteiger partial charge in [0.05, 0.1) is 6.10 Å². The molecule has 0 aromatic rings. The normalized spacial score (nSPS) is 50.1. The van der Waals surface area contributed by atoms with E-state index in [2.05, 4.69) is 13.8 Å². The third kappa shape index (κ3) is 1.84. The number of aliphatic hydroxyl groups excluding tert-OH is 1. The van der Waals surface area contributed by atoms with Crippen molar-refractivity contribution in [3.8, 4) is 0 Å². The summed E-state index contributed by atoms with van der Waals surface area (Å²) in [6, 6.07) is 0. The molecule has 0 bridgehead atoms. The molecule has 0 aromatic heterocycles. The Kier molecular flexibility index (Phi) is 2.88. The summed E-state index contributed by atoms with van der Waals surface area (Å²) in [6.07, 6.45) is 5.35. The van der Waals surface area contributed by atoms with Gasteiger partial charge in [0, 0.05) is 0 Å². The van der Waals surface area contributed by atoms with Crippen molar-refractivity contribution in [3.63, 3.8) is 0 Å². The van der Waals surface area contributed by atoms with Crippen molar-refractivity contribution in [2.24, 2.45) is 29.6 Å². The van der Waals surface area contributed by atoms with Gasteiger partial charge in [-0.15, -0.1) is 0 Å². The third-order valence-corrected chi connectivity index (χ3v) is 4.77. The molecule has 0 amide bonds. The van der Waals surface area contributed by atoms with Crippen LogP contribution in [0.3, 0.4) is 0 Å². The van der Waals surface area contributed by atoms with Crippen molar-refractivity contribution in [3.05, 3.63) is 0 Å². The molecular weight excluding hydrogens is 172 g/mol. The average Bonchev–Trinajstić information content (AvgIpc) is 2.82. The monoisotopic (exact) mass is 196 g/mol. The van der Waals surface area contributed by atoms with Gasteiger partial charge in [0.2, 0.25) is 0 Å². The minimum Gasteiger partial charge on any atom is -0.393 e. The highest BCUT2D eigenvalue weighted by Gasteiger charge is 2.45. The zero-order valence-electron chi connectivity index (χ0n) is 9.74. The van der Waals surface area contributed by atoms with E-state index >= 15 is 0 Å². The molecule has 6 atom stereocenters. The van der Waals surface area contributed by atoms with E-state index in [9.17, 15) is 5.11 Å². The highest BCUT2D eigenvalue weighted by atomic mass is 16.3. The maximum Gasteiger partial charge on any atom is 0.0542 e. The predicted molar refractivity (Wildman–Crippen MR) is 58.9 cm³/mol. The van der Waals surface area contributed by atoms with Gasteiger partial charge >= 0.3 is 0 Å². The smallest absolute Gasteiger partial charge is 0.0542 e. The fourth-order valence-electron chi connectivity index (χ4n) is 3.66. The number of hydrogen-bond donors (Lipinski definition) is 1. The second-order valence-corrected chi connectivity index (χ2v) is 5.74. The zero-order valence-corrected chi connectivity index (χ0v) is 9.74. The van der Waals surface area contributed by atoms with Crippen LogP contribution in [-0.4, -0.2) is 11.2 Å². The third-order valence-electron chi connectivity index (χ3n) is 4.77. The highest BCUT2D eigenvalue weighted by Crippen LogP contribution is 2.52. The van der Waals surface area contributed by atoms with E-state index in [-0.39, 0.29) is 6.10 Å². The van der Waals surface area contributed by atoms with Gasteiger partial charge in [-0.2, -0.15) is 0 Å². The molecule has 2 rings (SSSR count). The second-order valence-electron chi connectivity index (χ2n) is 5.74. The van der Waals surface area contributed by atoms with Crippen LogP contribution in [0.15, 0.2) is 0 Å². The Bertz CT molecular complexity index is 199. The lowest BCUT2D eigenvalue weighted by molar-refractivity contribution is 0.0325. The molecule has 0 heterocycles. The predicted octanol–water partition coefficient (Wildman–Crippen LogP) is 3.08. The summed E-state index contributed by atoms with van der Waals surface area (Å²) in [4.78, 5) is 0.